The maximum absolute atomic E-state index is 12.7. The standard InChI is InChI=1S/C25H20Cl2N4O3S2.K.H/c1-14(17-13-35-23(22(17)32)15-6-7-18(26)19(27)11-15)29-30-24(33)20-8-9-21(36-20)25(34)31(2)12-16-5-3-4-10-28-16;;/h3-11,13,32H,12H2,1-2H3,(H,30,33);;/b29-14-;;. The van der Waals surface area contributed by atoms with Crippen LogP contribution in [0.15, 0.2) is 65.2 Å². The van der Waals surface area contributed by atoms with Gasteiger partial charge in [-0.05, 0) is 48.9 Å². The Balaban J connectivity index is 0.00000380. The normalized spacial score (nSPS) is 11.1. The number of aromatic nitrogens is 1. The van der Waals surface area contributed by atoms with Crippen LogP contribution in [0.1, 0.15) is 37.5 Å². The van der Waals surface area contributed by atoms with Crippen LogP contribution in [0.5, 0.6) is 5.75 Å². The Morgan fingerprint density at radius 3 is 2.57 bits per heavy atom. The van der Waals surface area contributed by atoms with Crippen LogP contribution in [0.4, 0.5) is 0 Å². The summed E-state index contributed by atoms with van der Waals surface area (Å²) in [4.78, 5) is 32.5. The van der Waals surface area contributed by atoms with Gasteiger partial charge in [0.15, 0.2) is 0 Å². The van der Waals surface area contributed by atoms with Crippen molar-refractivity contribution < 1.29 is 14.7 Å². The van der Waals surface area contributed by atoms with Crippen molar-refractivity contribution in [3.63, 3.8) is 0 Å². The summed E-state index contributed by atoms with van der Waals surface area (Å²) in [5.41, 5.74) is 4.89. The number of carbonyl (C=O) groups excluding carboxylic acids is 2. The number of aromatic hydroxyl groups is 1. The van der Waals surface area contributed by atoms with Gasteiger partial charge in [-0.1, -0.05) is 35.3 Å². The summed E-state index contributed by atoms with van der Waals surface area (Å²) >= 11 is 14.5. The molecule has 0 unspecified atom stereocenters. The maximum atomic E-state index is 12.7. The molecule has 1 aromatic carbocycles. The van der Waals surface area contributed by atoms with Crippen molar-refractivity contribution in [2.24, 2.45) is 5.10 Å². The number of amides is 2. The zero-order chi connectivity index (χ0) is 25.8. The van der Waals surface area contributed by atoms with E-state index in [-0.39, 0.29) is 63.0 Å². The quantitative estimate of drug-likeness (QED) is 0.163. The predicted molar refractivity (Wildman–Crippen MR) is 153 cm³/mol. The number of benzene rings is 1. The Kier molecular flexibility index (Phi) is 10.9. The Hall–Kier alpha value is -1.60. The number of rotatable bonds is 7. The zero-order valence-corrected chi connectivity index (χ0v) is 22.3. The molecule has 0 saturated heterocycles. The first kappa shape index (κ1) is 29.9. The van der Waals surface area contributed by atoms with E-state index in [9.17, 15) is 14.7 Å². The molecule has 186 valence electrons. The number of hydrogen-bond acceptors (Lipinski definition) is 7. The van der Waals surface area contributed by atoms with Crippen LogP contribution in [0.25, 0.3) is 10.4 Å². The molecule has 0 aliphatic heterocycles. The molecule has 0 aliphatic carbocycles. The van der Waals surface area contributed by atoms with Crippen LogP contribution in [0.2, 0.25) is 10.0 Å². The molecule has 2 amide bonds. The first-order valence-electron chi connectivity index (χ1n) is 10.6. The fraction of sp³-hybridized carbons (Fsp3) is 0.120. The van der Waals surface area contributed by atoms with Crippen molar-refractivity contribution >= 4 is 115 Å². The third kappa shape index (κ3) is 7.28. The van der Waals surface area contributed by atoms with Crippen molar-refractivity contribution in [2.75, 3.05) is 7.05 Å². The molecule has 2 N–H and O–H groups in total. The van der Waals surface area contributed by atoms with Gasteiger partial charge in [0.25, 0.3) is 11.8 Å². The fourth-order valence-corrected chi connectivity index (χ4v) is 5.46. The molecule has 0 fully saturated rings. The summed E-state index contributed by atoms with van der Waals surface area (Å²) in [6, 6.07) is 13.8. The second kappa shape index (κ2) is 13.5. The van der Waals surface area contributed by atoms with Crippen LogP contribution in [-0.2, 0) is 6.54 Å². The van der Waals surface area contributed by atoms with E-state index in [0.717, 1.165) is 22.6 Å². The van der Waals surface area contributed by atoms with Crippen LogP contribution in [-0.4, -0.2) is 90.9 Å². The molecule has 4 aromatic rings. The van der Waals surface area contributed by atoms with Gasteiger partial charge >= 0.3 is 51.4 Å². The second-order valence-corrected chi connectivity index (χ2v) is 10.5. The third-order valence-electron chi connectivity index (χ3n) is 5.17. The van der Waals surface area contributed by atoms with E-state index in [4.69, 9.17) is 23.2 Å². The van der Waals surface area contributed by atoms with E-state index < -0.39 is 5.91 Å². The van der Waals surface area contributed by atoms with E-state index in [1.54, 1.807) is 60.8 Å². The Morgan fingerprint density at radius 1 is 1.11 bits per heavy atom. The first-order valence-corrected chi connectivity index (χ1v) is 13.1. The number of nitrogens with zero attached hydrogens (tertiary/aromatic N) is 3. The van der Waals surface area contributed by atoms with Crippen molar-refractivity contribution in [3.8, 4) is 16.2 Å². The Labute approximate surface area is 274 Å². The van der Waals surface area contributed by atoms with Crippen LogP contribution >= 0.6 is 45.9 Å². The monoisotopic (exact) mass is 598 g/mol. The van der Waals surface area contributed by atoms with E-state index >= 15 is 0 Å². The van der Waals surface area contributed by atoms with Gasteiger partial charge in [0.1, 0.15) is 5.75 Å². The van der Waals surface area contributed by atoms with Gasteiger partial charge in [0, 0.05) is 18.6 Å². The van der Waals surface area contributed by atoms with Gasteiger partial charge in [-0.2, -0.15) is 5.10 Å². The van der Waals surface area contributed by atoms with Crippen molar-refractivity contribution in [3.05, 3.63) is 91.2 Å². The summed E-state index contributed by atoms with van der Waals surface area (Å²) in [6.07, 6.45) is 1.67. The van der Waals surface area contributed by atoms with Gasteiger partial charge in [-0.3, -0.25) is 14.6 Å². The minimum atomic E-state index is -0.454. The molecule has 3 heterocycles. The van der Waals surface area contributed by atoms with Gasteiger partial charge in [-0.15, -0.1) is 22.7 Å². The first-order chi connectivity index (χ1) is 17.2. The Bertz CT molecular complexity index is 1460. The third-order valence-corrected chi connectivity index (χ3v) is 8.00. The van der Waals surface area contributed by atoms with Crippen molar-refractivity contribution in [1.29, 1.82) is 0 Å². The van der Waals surface area contributed by atoms with Crippen molar-refractivity contribution in [1.82, 2.24) is 15.3 Å². The van der Waals surface area contributed by atoms with Gasteiger partial charge in [0.05, 0.1) is 48.2 Å². The average Bonchev–Trinajstić information content (AvgIpc) is 3.51. The second-order valence-electron chi connectivity index (χ2n) is 7.74. The van der Waals surface area contributed by atoms with E-state index in [1.165, 1.54) is 11.3 Å². The number of thiophene rings is 2. The number of hydrazone groups is 1. The number of halogens is 2. The minimum absolute atomic E-state index is 0. The number of pyridine rings is 1. The van der Waals surface area contributed by atoms with Gasteiger partial charge in [-0.25, -0.2) is 5.43 Å². The number of carbonyl (C=O) groups is 2. The zero-order valence-electron chi connectivity index (χ0n) is 19.2. The van der Waals surface area contributed by atoms with E-state index in [1.807, 2.05) is 18.2 Å². The topological polar surface area (TPSA) is 94.9 Å². The van der Waals surface area contributed by atoms with Gasteiger partial charge in [0.2, 0.25) is 0 Å². The predicted octanol–water partition coefficient (Wildman–Crippen LogP) is 5.66. The molecule has 0 spiro atoms. The van der Waals surface area contributed by atoms with Crippen molar-refractivity contribution in [2.45, 2.75) is 13.5 Å². The SMILES string of the molecule is C/C(=N/NC(=O)c1ccc(C(=O)N(C)Cc2ccccn2)s1)c1csc(-c2ccc(Cl)c(Cl)c2)c1O.[KH]. The molecule has 0 bridgehead atoms. The molecule has 37 heavy (non-hydrogen) atoms. The summed E-state index contributed by atoms with van der Waals surface area (Å²) in [5.74, 6) is -0.624. The molecule has 0 radical (unpaired) electrons. The van der Waals surface area contributed by atoms with Crippen LogP contribution < -0.4 is 5.43 Å². The molecular formula is C25H21Cl2KN4O3S2. The molecule has 3 aromatic heterocycles. The van der Waals surface area contributed by atoms with E-state index in [2.05, 4.69) is 15.5 Å². The number of nitrogens with one attached hydrogen (secondary N) is 1. The van der Waals surface area contributed by atoms with Gasteiger partial charge < -0.3 is 10.0 Å². The molecule has 12 heteroatoms. The summed E-state index contributed by atoms with van der Waals surface area (Å²) < 4.78 is 0. The molecular weight excluding hydrogens is 578 g/mol. The summed E-state index contributed by atoms with van der Waals surface area (Å²) in [5, 5.41) is 17.4. The molecule has 0 atom stereocenters. The molecule has 0 saturated carbocycles. The fourth-order valence-electron chi connectivity index (χ4n) is 3.27. The summed E-state index contributed by atoms with van der Waals surface area (Å²) in [7, 11) is 1.68. The van der Waals surface area contributed by atoms with E-state index in [0.29, 0.717) is 42.5 Å². The summed E-state index contributed by atoms with van der Waals surface area (Å²) in [6.45, 7) is 2.04. The Morgan fingerprint density at radius 2 is 1.86 bits per heavy atom. The average molecular weight is 600 g/mol. The van der Waals surface area contributed by atoms with Crippen LogP contribution in [0, 0.1) is 0 Å². The van der Waals surface area contributed by atoms with Crippen LogP contribution in [0.3, 0.4) is 0 Å². The number of hydrogen-bond donors (Lipinski definition) is 2. The molecule has 0 aliphatic rings. The molecule has 7 nitrogen and oxygen atoms in total. The molecule has 4 rings (SSSR count).